The number of benzene rings is 1. The maximum atomic E-state index is 5.47. The summed E-state index contributed by atoms with van der Waals surface area (Å²) < 4.78 is 10.9. The summed E-state index contributed by atoms with van der Waals surface area (Å²) >= 11 is 0. The van der Waals surface area contributed by atoms with Gasteiger partial charge in [-0.1, -0.05) is 41.5 Å². The van der Waals surface area contributed by atoms with Gasteiger partial charge in [-0.05, 0) is 53.4 Å². The van der Waals surface area contributed by atoms with Crippen LogP contribution in [0.25, 0.3) is 0 Å². The third-order valence-corrected chi connectivity index (χ3v) is 3.57. The summed E-state index contributed by atoms with van der Waals surface area (Å²) in [5.74, 6) is 1.66. The van der Waals surface area contributed by atoms with Gasteiger partial charge < -0.3 is 9.47 Å². The second-order valence-electron chi connectivity index (χ2n) is 8.27. The van der Waals surface area contributed by atoms with Gasteiger partial charge in [-0.3, -0.25) is 0 Å². The zero-order chi connectivity index (χ0) is 16.3. The lowest BCUT2D eigenvalue weighted by molar-refractivity contribution is 0.349. The molecule has 0 spiro atoms. The van der Waals surface area contributed by atoms with Crippen molar-refractivity contribution in [1.29, 1.82) is 0 Å². The van der Waals surface area contributed by atoms with Crippen molar-refractivity contribution in [3.8, 4) is 11.5 Å². The summed E-state index contributed by atoms with van der Waals surface area (Å²) in [6.45, 7) is 13.7. The molecule has 0 heterocycles. The smallest absolute Gasteiger partial charge is 0.161 e. The molecule has 0 aliphatic heterocycles. The highest BCUT2D eigenvalue weighted by Crippen LogP contribution is 2.35. The first-order valence-corrected chi connectivity index (χ1v) is 7.79. The van der Waals surface area contributed by atoms with Crippen LogP contribution in [0.4, 0.5) is 0 Å². The van der Waals surface area contributed by atoms with E-state index in [1.165, 1.54) is 17.5 Å². The summed E-state index contributed by atoms with van der Waals surface area (Å²) in [5, 5.41) is 0. The van der Waals surface area contributed by atoms with Gasteiger partial charge in [0.15, 0.2) is 11.5 Å². The molecule has 120 valence electrons. The molecular formula is C19H32O2. The Kier molecular flexibility index (Phi) is 5.72. The first-order valence-electron chi connectivity index (χ1n) is 7.79. The molecule has 1 aromatic rings. The summed E-state index contributed by atoms with van der Waals surface area (Å²) in [7, 11) is 3.41. The third-order valence-electron chi connectivity index (χ3n) is 3.57. The molecule has 2 nitrogen and oxygen atoms in total. The number of aryl methyl sites for hydroxylation is 1. The Labute approximate surface area is 130 Å². The Balaban J connectivity index is 3.16. The monoisotopic (exact) mass is 292 g/mol. The van der Waals surface area contributed by atoms with Crippen molar-refractivity contribution in [2.75, 3.05) is 14.2 Å². The van der Waals surface area contributed by atoms with E-state index in [-0.39, 0.29) is 5.41 Å². The molecule has 1 rings (SSSR count). The van der Waals surface area contributed by atoms with Gasteiger partial charge in [-0.15, -0.1) is 0 Å². The molecule has 0 aliphatic rings. The van der Waals surface area contributed by atoms with Gasteiger partial charge in [0.25, 0.3) is 0 Å². The fourth-order valence-corrected chi connectivity index (χ4v) is 2.44. The Morgan fingerprint density at radius 1 is 0.762 bits per heavy atom. The molecule has 0 fully saturated rings. The molecule has 0 radical (unpaired) electrons. The van der Waals surface area contributed by atoms with E-state index < -0.39 is 0 Å². The van der Waals surface area contributed by atoms with Crippen molar-refractivity contribution >= 4 is 0 Å². The van der Waals surface area contributed by atoms with E-state index in [4.69, 9.17) is 9.47 Å². The summed E-state index contributed by atoms with van der Waals surface area (Å²) in [6.07, 6.45) is 3.29. The largest absolute Gasteiger partial charge is 0.493 e. The highest BCUT2D eigenvalue weighted by Gasteiger charge is 2.19. The van der Waals surface area contributed by atoms with Crippen molar-refractivity contribution in [2.45, 2.75) is 60.8 Å². The van der Waals surface area contributed by atoms with Gasteiger partial charge in [-0.25, -0.2) is 0 Å². The van der Waals surface area contributed by atoms with Crippen LogP contribution in [0.2, 0.25) is 0 Å². The predicted molar refractivity (Wildman–Crippen MR) is 90.5 cm³/mol. The van der Waals surface area contributed by atoms with Gasteiger partial charge in [0, 0.05) is 0 Å². The zero-order valence-corrected chi connectivity index (χ0v) is 15.1. The van der Waals surface area contributed by atoms with Gasteiger partial charge >= 0.3 is 0 Å². The van der Waals surface area contributed by atoms with Crippen molar-refractivity contribution in [1.82, 2.24) is 0 Å². The fraction of sp³-hybridized carbons (Fsp3) is 0.684. The molecule has 0 saturated carbocycles. The second-order valence-corrected chi connectivity index (χ2v) is 8.27. The van der Waals surface area contributed by atoms with Crippen molar-refractivity contribution in [3.05, 3.63) is 23.3 Å². The van der Waals surface area contributed by atoms with Gasteiger partial charge in [-0.2, -0.15) is 0 Å². The number of methoxy groups -OCH3 is 2. The normalized spacial score (nSPS) is 12.4. The van der Waals surface area contributed by atoms with Crippen molar-refractivity contribution in [3.63, 3.8) is 0 Å². The van der Waals surface area contributed by atoms with E-state index in [1.807, 2.05) is 0 Å². The molecule has 0 aromatic heterocycles. The lowest BCUT2D eigenvalue weighted by atomic mass is 9.83. The topological polar surface area (TPSA) is 18.5 Å². The lowest BCUT2D eigenvalue weighted by Crippen LogP contribution is -2.13. The number of rotatable bonds is 5. The highest BCUT2D eigenvalue weighted by atomic mass is 16.5. The maximum absolute atomic E-state index is 5.47. The van der Waals surface area contributed by atoms with E-state index in [2.05, 4.69) is 53.7 Å². The van der Waals surface area contributed by atoms with Crippen LogP contribution in [0.1, 0.15) is 59.1 Å². The van der Waals surface area contributed by atoms with Crippen LogP contribution >= 0.6 is 0 Å². The summed E-state index contributed by atoms with van der Waals surface area (Å²) in [5.41, 5.74) is 3.37. The summed E-state index contributed by atoms with van der Waals surface area (Å²) in [4.78, 5) is 0. The highest BCUT2D eigenvalue weighted by molar-refractivity contribution is 5.48. The van der Waals surface area contributed by atoms with E-state index in [9.17, 15) is 0 Å². The molecule has 2 heteroatoms. The first-order chi connectivity index (χ1) is 9.55. The Morgan fingerprint density at radius 2 is 1.24 bits per heavy atom. The summed E-state index contributed by atoms with van der Waals surface area (Å²) in [6, 6.07) is 4.31. The molecule has 1 aromatic carbocycles. The molecule has 0 atom stereocenters. The minimum atomic E-state index is 0.260. The predicted octanol–water partition coefficient (Wildman–Crippen LogP) is 5.27. The van der Waals surface area contributed by atoms with Crippen LogP contribution in [0.15, 0.2) is 12.1 Å². The Hall–Kier alpha value is -1.18. The second kappa shape index (κ2) is 6.72. The average Bonchev–Trinajstić information content (AvgIpc) is 2.33. The van der Waals surface area contributed by atoms with Crippen LogP contribution < -0.4 is 9.47 Å². The number of ether oxygens (including phenoxy) is 2. The standard InChI is InChI=1S/C19H32O2/c1-18(2,3)10-9-14-11-16(20-7)17(21-8)12-15(14)13-19(4,5)6/h11-12H,9-10,13H2,1-8H3. The number of hydrogen-bond acceptors (Lipinski definition) is 2. The molecule has 21 heavy (non-hydrogen) atoms. The van der Waals surface area contributed by atoms with E-state index in [1.54, 1.807) is 14.2 Å². The molecular weight excluding hydrogens is 260 g/mol. The zero-order valence-electron chi connectivity index (χ0n) is 15.1. The SMILES string of the molecule is COc1cc(CCC(C)(C)C)c(CC(C)(C)C)cc1OC. The van der Waals surface area contributed by atoms with Gasteiger partial charge in [0.1, 0.15) is 0 Å². The van der Waals surface area contributed by atoms with Crippen LogP contribution in [0.5, 0.6) is 11.5 Å². The van der Waals surface area contributed by atoms with Gasteiger partial charge in [0.05, 0.1) is 14.2 Å². The molecule has 0 N–H and O–H groups in total. The molecule has 0 bridgehead atoms. The van der Waals surface area contributed by atoms with Crippen LogP contribution in [0.3, 0.4) is 0 Å². The van der Waals surface area contributed by atoms with Crippen LogP contribution in [-0.2, 0) is 12.8 Å². The quantitative estimate of drug-likeness (QED) is 0.736. The lowest BCUT2D eigenvalue weighted by Gasteiger charge is -2.24. The average molecular weight is 292 g/mol. The van der Waals surface area contributed by atoms with Crippen LogP contribution in [-0.4, -0.2) is 14.2 Å². The van der Waals surface area contributed by atoms with Crippen molar-refractivity contribution in [2.24, 2.45) is 10.8 Å². The first kappa shape index (κ1) is 17.9. The fourth-order valence-electron chi connectivity index (χ4n) is 2.44. The molecule has 0 amide bonds. The third kappa shape index (κ3) is 5.99. The maximum Gasteiger partial charge on any atom is 0.161 e. The molecule has 0 saturated heterocycles. The van der Waals surface area contributed by atoms with Crippen LogP contribution in [0, 0.1) is 10.8 Å². The van der Waals surface area contributed by atoms with Crippen molar-refractivity contribution < 1.29 is 9.47 Å². The van der Waals surface area contributed by atoms with E-state index in [0.29, 0.717) is 5.41 Å². The Bertz CT molecular complexity index is 462. The minimum Gasteiger partial charge on any atom is -0.493 e. The molecule has 0 unspecified atom stereocenters. The van der Waals surface area contributed by atoms with Gasteiger partial charge in [0.2, 0.25) is 0 Å². The van der Waals surface area contributed by atoms with E-state index in [0.717, 1.165) is 24.3 Å². The minimum absolute atomic E-state index is 0.260. The number of hydrogen-bond donors (Lipinski definition) is 0. The Morgan fingerprint density at radius 3 is 1.62 bits per heavy atom. The van der Waals surface area contributed by atoms with E-state index >= 15 is 0 Å². The molecule has 0 aliphatic carbocycles.